The Balaban J connectivity index is 1.41. The molecule has 0 spiro atoms. The topological polar surface area (TPSA) is 65.6 Å². The number of halogens is 2. The van der Waals surface area contributed by atoms with Gasteiger partial charge in [-0.2, -0.15) is 0 Å². The number of fused-ring (bicyclic) bond motifs is 1. The van der Waals surface area contributed by atoms with Crippen molar-refractivity contribution < 1.29 is 9.53 Å². The van der Waals surface area contributed by atoms with E-state index < -0.39 is 0 Å². The molecule has 1 N–H and O–H groups in total. The van der Waals surface area contributed by atoms with Crippen molar-refractivity contribution in [1.29, 1.82) is 0 Å². The molecule has 1 saturated heterocycles. The minimum atomic E-state index is -0.311. The van der Waals surface area contributed by atoms with Gasteiger partial charge >= 0.3 is 0 Å². The largest absolute Gasteiger partial charge is 0.379 e. The van der Waals surface area contributed by atoms with Crippen LogP contribution in [0.1, 0.15) is 17.2 Å². The molecule has 0 bridgehead atoms. The smallest absolute Gasteiger partial charge is 0.252 e. The van der Waals surface area contributed by atoms with E-state index in [1.165, 1.54) is 0 Å². The fourth-order valence-electron chi connectivity index (χ4n) is 4.85. The van der Waals surface area contributed by atoms with Crippen molar-refractivity contribution in [2.24, 2.45) is 0 Å². The van der Waals surface area contributed by atoms with E-state index in [1.807, 2.05) is 25.2 Å². The van der Waals surface area contributed by atoms with Crippen LogP contribution in [-0.4, -0.2) is 60.6 Å². The monoisotopic (exact) mass is 549 g/mol. The number of rotatable bonds is 7. The zero-order chi connectivity index (χ0) is 26.6. The minimum absolute atomic E-state index is 0.0241. The number of ether oxygens (including phenoxy) is 1. The van der Waals surface area contributed by atoms with Crippen LogP contribution >= 0.6 is 23.2 Å². The molecule has 196 valence electrons. The number of aromatic amines is 1. The van der Waals surface area contributed by atoms with Gasteiger partial charge in [0.1, 0.15) is 0 Å². The average Bonchev–Trinajstić information content (AvgIpc) is 2.94. The first-order valence-electron chi connectivity index (χ1n) is 12.6. The number of aromatic nitrogens is 1. The van der Waals surface area contributed by atoms with Crippen molar-refractivity contribution in [3.63, 3.8) is 0 Å². The third-order valence-corrected chi connectivity index (χ3v) is 7.82. The van der Waals surface area contributed by atoms with Gasteiger partial charge in [-0.05, 0) is 34.9 Å². The van der Waals surface area contributed by atoms with Crippen molar-refractivity contribution in [3.8, 4) is 11.1 Å². The first-order valence-corrected chi connectivity index (χ1v) is 13.4. The van der Waals surface area contributed by atoms with Crippen LogP contribution in [0.5, 0.6) is 0 Å². The molecule has 0 radical (unpaired) electrons. The van der Waals surface area contributed by atoms with Crippen LogP contribution in [0.25, 0.3) is 22.0 Å². The van der Waals surface area contributed by atoms with E-state index in [4.69, 9.17) is 27.9 Å². The van der Waals surface area contributed by atoms with Gasteiger partial charge in [0.15, 0.2) is 0 Å². The Morgan fingerprint density at radius 3 is 2.34 bits per heavy atom. The summed E-state index contributed by atoms with van der Waals surface area (Å²) >= 11 is 12.3. The van der Waals surface area contributed by atoms with Gasteiger partial charge in [0.05, 0.1) is 35.7 Å². The molecule has 3 aromatic carbocycles. The minimum Gasteiger partial charge on any atom is -0.379 e. The summed E-state index contributed by atoms with van der Waals surface area (Å²) in [6, 6.07) is 23.4. The van der Waals surface area contributed by atoms with E-state index in [9.17, 15) is 9.59 Å². The quantitative estimate of drug-likeness (QED) is 0.327. The van der Waals surface area contributed by atoms with Crippen LogP contribution in [0.3, 0.4) is 0 Å². The molecule has 2 heterocycles. The summed E-state index contributed by atoms with van der Waals surface area (Å²) in [6.07, 6.45) is -0.0241. The summed E-state index contributed by atoms with van der Waals surface area (Å²) in [7, 11) is 1.81. The molecular formula is C30H29Cl2N3O3. The summed E-state index contributed by atoms with van der Waals surface area (Å²) in [5, 5.41) is 1.48. The maximum absolute atomic E-state index is 13.5. The lowest BCUT2D eigenvalue weighted by Crippen LogP contribution is -2.44. The number of nitrogens with one attached hydrogen (secondary N) is 1. The molecule has 1 aliphatic heterocycles. The summed E-state index contributed by atoms with van der Waals surface area (Å²) in [5.74, 6) is -0.139. The molecule has 0 saturated carbocycles. The first-order chi connectivity index (χ1) is 18.4. The molecular weight excluding hydrogens is 521 g/mol. The molecule has 6 nitrogen and oxygen atoms in total. The number of nitrogens with zero attached hydrogens (tertiary/aromatic N) is 2. The summed E-state index contributed by atoms with van der Waals surface area (Å²) in [6.45, 7) is 3.66. The molecule has 8 heteroatoms. The van der Waals surface area contributed by atoms with E-state index in [1.54, 1.807) is 23.1 Å². The summed E-state index contributed by atoms with van der Waals surface area (Å²) in [5.41, 5.74) is 3.96. The van der Waals surface area contributed by atoms with Crippen LogP contribution in [0.2, 0.25) is 10.0 Å². The molecule has 5 rings (SSSR count). The predicted octanol–water partition coefficient (Wildman–Crippen LogP) is 5.58. The lowest BCUT2D eigenvalue weighted by Gasteiger charge is -2.35. The van der Waals surface area contributed by atoms with Gasteiger partial charge in [0.2, 0.25) is 5.91 Å². The van der Waals surface area contributed by atoms with Crippen LogP contribution in [0.4, 0.5) is 0 Å². The third-order valence-electron chi connectivity index (χ3n) is 7.10. The van der Waals surface area contributed by atoms with Crippen LogP contribution < -0.4 is 5.56 Å². The van der Waals surface area contributed by atoms with Crippen molar-refractivity contribution >= 4 is 40.0 Å². The Bertz CT molecular complexity index is 1480. The second kappa shape index (κ2) is 11.7. The third kappa shape index (κ3) is 5.94. The van der Waals surface area contributed by atoms with Gasteiger partial charge in [-0.25, -0.2) is 0 Å². The number of morpholine rings is 1. The molecule has 0 aliphatic carbocycles. The second-order valence-electron chi connectivity index (χ2n) is 9.58. The number of hydrogen-bond acceptors (Lipinski definition) is 4. The Morgan fingerprint density at radius 1 is 0.974 bits per heavy atom. The Morgan fingerprint density at radius 2 is 1.63 bits per heavy atom. The zero-order valence-corrected chi connectivity index (χ0v) is 22.6. The fourth-order valence-corrected chi connectivity index (χ4v) is 5.18. The molecule has 1 aromatic heterocycles. The van der Waals surface area contributed by atoms with E-state index >= 15 is 0 Å². The number of H-pyrrole nitrogens is 1. The van der Waals surface area contributed by atoms with Crippen LogP contribution in [0.15, 0.2) is 77.6 Å². The first kappa shape index (κ1) is 26.4. The van der Waals surface area contributed by atoms with Crippen molar-refractivity contribution in [2.45, 2.75) is 12.5 Å². The maximum atomic E-state index is 13.5. The second-order valence-corrected chi connectivity index (χ2v) is 10.4. The number of amides is 1. The molecule has 1 atom stereocenters. The van der Waals surface area contributed by atoms with E-state index in [2.05, 4.69) is 46.3 Å². The van der Waals surface area contributed by atoms with Gasteiger partial charge in [-0.1, -0.05) is 77.8 Å². The predicted molar refractivity (Wildman–Crippen MR) is 153 cm³/mol. The molecule has 1 fully saturated rings. The zero-order valence-electron chi connectivity index (χ0n) is 21.1. The lowest BCUT2D eigenvalue weighted by atomic mass is 9.99. The standard InChI is InChI=1S/C30H29Cl2N3O3/c1-34(29(36)17-24-15-23-16-25(31)26(32)18-27(23)33-30(24)37)28(19-35-11-13-38-14-12-35)22-9-7-21(8-10-22)20-5-3-2-4-6-20/h2-10,15-16,18,28H,11-14,17,19H2,1H3,(H,33,37). The van der Waals surface area contributed by atoms with Gasteiger partial charge in [0, 0.05) is 43.1 Å². The van der Waals surface area contributed by atoms with Crippen LogP contribution in [-0.2, 0) is 16.0 Å². The highest BCUT2D eigenvalue weighted by Crippen LogP contribution is 2.28. The van der Waals surface area contributed by atoms with Gasteiger partial charge in [-0.15, -0.1) is 0 Å². The summed E-state index contributed by atoms with van der Waals surface area (Å²) in [4.78, 5) is 33.2. The van der Waals surface area contributed by atoms with Crippen LogP contribution in [0, 0.1) is 0 Å². The Hall–Kier alpha value is -3.16. The van der Waals surface area contributed by atoms with E-state index in [-0.39, 0.29) is 23.9 Å². The molecule has 1 unspecified atom stereocenters. The molecule has 38 heavy (non-hydrogen) atoms. The number of carbonyl (C=O) groups excluding carboxylic acids is 1. The van der Waals surface area contributed by atoms with Crippen molar-refractivity contribution in [1.82, 2.24) is 14.8 Å². The highest BCUT2D eigenvalue weighted by atomic mass is 35.5. The van der Waals surface area contributed by atoms with Gasteiger partial charge in [0.25, 0.3) is 5.56 Å². The molecule has 1 amide bonds. The van der Waals surface area contributed by atoms with Crippen molar-refractivity contribution in [2.75, 3.05) is 39.9 Å². The number of hydrogen-bond donors (Lipinski definition) is 1. The highest BCUT2D eigenvalue weighted by Gasteiger charge is 2.26. The molecule has 4 aromatic rings. The number of benzene rings is 3. The maximum Gasteiger partial charge on any atom is 0.252 e. The SMILES string of the molecule is CN(C(=O)Cc1cc2cc(Cl)c(Cl)cc2[nH]c1=O)C(CN1CCOCC1)c1ccc(-c2ccccc2)cc1. The van der Waals surface area contributed by atoms with Gasteiger partial charge < -0.3 is 14.6 Å². The highest BCUT2D eigenvalue weighted by molar-refractivity contribution is 6.42. The average molecular weight is 550 g/mol. The number of likely N-dealkylation sites (N-methyl/N-ethyl adjacent to an activating group) is 1. The Kier molecular flexibility index (Phi) is 8.15. The number of carbonyl (C=O) groups is 1. The normalized spacial score (nSPS) is 14.9. The fraction of sp³-hybridized carbons (Fsp3) is 0.267. The van der Waals surface area contributed by atoms with Crippen molar-refractivity contribution in [3.05, 3.63) is 104 Å². The van der Waals surface area contributed by atoms with E-state index in [0.29, 0.717) is 40.9 Å². The van der Waals surface area contributed by atoms with Gasteiger partial charge in [-0.3, -0.25) is 14.5 Å². The Labute approximate surface area is 231 Å². The van der Waals surface area contributed by atoms with E-state index in [0.717, 1.165) is 35.2 Å². The summed E-state index contributed by atoms with van der Waals surface area (Å²) < 4.78 is 5.52. The lowest BCUT2D eigenvalue weighted by molar-refractivity contribution is -0.132. The molecule has 1 aliphatic rings. The number of pyridine rings is 1.